The summed E-state index contributed by atoms with van der Waals surface area (Å²) in [5.74, 6) is 0.736. The Morgan fingerprint density at radius 3 is 2.53 bits per heavy atom. The second-order valence-electron chi connectivity index (χ2n) is 8.27. The van der Waals surface area contributed by atoms with E-state index in [4.69, 9.17) is 4.98 Å². The van der Waals surface area contributed by atoms with E-state index in [0.29, 0.717) is 38.3 Å². The monoisotopic (exact) mass is 451 g/mol. The van der Waals surface area contributed by atoms with E-state index in [1.54, 1.807) is 12.1 Å². The van der Waals surface area contributed by atoms with E-state index in [1.165, 1.54) is 23.2 Å². The topological polar surface area (TPSA) is 52.6 Å². The molecule has 5 rings (SSSR count). The van der Waals surface area contributed by atoms with E-state index >= 15 is 0 Å². The average Bonchev–Trinajstić information content (AvgIpc) is 3.49. The van der Waals surface area contributed by atoms with Gasteiger partial charge in [0, 0.05) is 50.7 Å². The van der Waals surface area contributed by atoms with Crippen LogP contribution in [-0.2, 0) is 11.2 Å². The molecule has 166 valence electrons. The summed E-state index contributed by atoms with van der Waals surface area (Å²) in [5.41, 5.74) is 1.79. The number of nitrogens with zero attached hydrogens (tertiary/aromatic N) is 5. The van der Waals surface area contributed by atoms with E-state index in [9.17, 15) is 9.18 Å². The third-order valence-corrected chi connectivity index (χ3v) is 7.02. The standard InChI is InChI=1S/C24H26FN5OS/c25-19-9-4-5-10-20(19)28-13-15-29(16-14-28)23(31)21-11-6-12-30(21)24-26-22(27-32-24)17-18-7-2-1-3-8-18/h1-5,7-10,21H,6,11-17H2. The maximum Gasteiger partial charge on any atom is 0.245 e. The molecular formula is C24H26FN5OS. The molecule has 0 radical (unpaired) electrons. The van der Waals surface area contributed by atoms with Crippen LogP contribution in [0.1, 0.15) is 24.2 Å². The van der Waals surface area contributed by atoms with Gasteiger partial charge in [-0.05, 0) is 30.5 Å². The maximum atomic E-state index is 14.1. The molecule has 1 aromatic heterocycles. The third-order valence-electron chi connectivity index (χ3n) is 6.23. The van der Waals surface area contributed by atoms with Gasteiger partial charge in [0.1, 0.15) is 17.7 Å². The zero-order chi connectivity index (χ0) is 21.9. The lowest BCUT2D eigenvalue weighted by Gasteiger charge is -2.38. The molecule has 0 N–H and O–H groups in total. The van der Waals surface area contributed by atoms with Crippen LogP contribution in [0, 0.1) is 5.82 Å². The van der Waals surface area contributed by atoms with Crippen molar-refractivity contribution < 1.29 is 9.18 Å². The minimum Gasteiger partial charge on any atom is -0.366 e. The van der Waals surface area contributed by atoms with Gasteiger partial charge in [0.05, 0.1) is 5.69 Å². The first-order valence-corrected chi connectivity index (χ1v) is 11.9. The normalized spacial score (nSPS) is 18.9. The number of aromatic nitrogens is 2. The molecule has 32 heavy (non-hydrogen) atoms. The van der Waals surface area contributed by atoms with E-state index in [1.807, 2.05) is 34.1 Å². The molecule has 2 saturated heterocycles. The van der Waals surface area contributed by atoms with Gasteiger partial charge in [-0.2, -0.15) is 4.37 Å². The van der Waals surface area contributed by atoms with Crippen molar-refractivity contribution in [1.82, 2.24) is 14.3 Å². The summed E-state index contributed by atoms with van der Waals surface area (Å²) < 4.78 is 18.6. The quantitative estimate of drug-likeness (QED) is 0.594. The van der Waals surface area contributed by atoms with Gasteiger partial charge in [0.25, 0.3) is 0 Å². The van der Waals surface area contributed by atoms with Crippen molar-refractivity contribution in [2.24, 2.45) is 0 Å². The molecular weight excluding hydrogens is 425 g/mol. The van der Waals surface area contributed by atoms with Crippen molar-refractivity contribution in [2.45, 2.75) is 25.3 Å². The first-order valence-electron chi connectivity index (χ1n) is 11.1. The van der Waals surface area contributed by atoms with Crippen molar-refractivity contribution in [3.8, 4) is 0 Å². The fraction of sp³-hybridized carbons (Fsp3) is 0.375. The molecule has 3 aromatic rings. The highest BCUT2D eigenvalue weighted by atomic mass is 32.1. The summed E-state index contributed by atoms with van der Waals surface area (Å²) in [6.45, 7) is 3.31. The maximum absolute atomic E-state index is 14.1. The Balaban J connectivity index is 1.22. The molecule has 0 saturated carbocycles. The smallest absolute Gasteiger partial charge is 0.245 e. The Labute approximate surface area is 191 Å². The molecule has 0 aliphatic carbocycles. The lowest BCUT2D eigenvalue weighted by Crippen LogP contribution is -2.54. The molecule has 2 aromatic carbocycles. The Hall–Kier alpha value is -3.00. The zero-order valence-corrected chi connectivity index (χ0v) is 18.7. The fourth-order valence-corrected chi connectivity index (χ4v) is 5.31. The number of rotatable bonds is 5. The zero-order valence-electron chi connectivity index (χ0n) is 17.9. The van der Waals surface area contributed by atoms with Crippen LogP contribution in [0.25, 0.3) is 0 Å². The minimum atomic E-state index is -0.211. The van der Waals surface area contributed by atoms with Crippen molar-refractivity contribution >= 4 is 28.3 Å². The second-order valence-corrected chi connectivity index (χ2v) is 9.00. The molecule has 0 bridgehead atoms. The van der Waals surface area contributed by atoms with E-state index in [-0.39, 0.29) is 17.8 Å². The predicted molar refractivity (Wildman–Crippen MR) is 125 cm³/mol. The number of benzene rings is 2. The summed E-state index contributed by atoms with van der Waals surface area (Å²) in [5, 5.41) is 0.830. The number of amides is 1. The SMILES string of the molecule is O=C(C1CCCN1c1nc(Cc2ccccc2)ns1)N1CCN(c2ccccc2F)CC1. The fourth-order valence-electron chi connectivity index (χ4n) is 4.55. The Kier molecular flexibility index (Phi) is 6.03. The van der Waals surface area contributed by atoms with Crippen LogP contribution in [-0.4, -0.2) is 58.9 Å². The molecule has 2 aliphatic rings. The van der Waals surface area contributed by atoms with Crippen molar-refractivity contribution in [3.63, 3.8) is 0 Å². The van der Waals surface area contributed by atoms with Crippen LogP contribution in [0.3, 0.4) is 0 Å². The van der Waals surface area contributed by atoms with Crippen LogP contribution in [0.15, 0.2) is 54.6 Å². The molecule has 8 heteroatoms. The van der Waals surface area contributed by atoms with Crippen molar-refractivity contribution in [1.29, 1.82) is 0 Å². The van der Waals surface area contributed by atoms with Crippen LogP contribution in [0.5, 0.6) is 0 Å². The first-order chi connectivity index (χ1) is 15.7. The van der Waals surface area contributed by atoms with Gasteiger partial charge in [-0.3, -0.25) is 4.79 Å². The summed E-state index contributed by atoms with van der Waals surface area (Å²) in [7, 11) is 0. The van der Waals surface area contributed by atoms with Gasteiger partial charge in [0.15, 0.2) is 0 Å². The Bertz CT molecular complexity index is 1070. The first kappa shape index (κ1) is 20.9. The predicted octanol–water partition coefficient (Wildman–Crippen LogP) is 3.59. The van der Waals surface area contributed by atoms with Gasteiger partial charge in [-0.1, -0.05) is 42.5 Å². The van der Waals surface area contributed by atoms with Crippen LogP contribution >= 0.6 is 11.5 Å². The number of halogens is 1. The Morgan fingerprint density at radius 1 is 1.00 bits per heavy atom. The number of carbonyl (C=O) groups excluding carboxylic acids is 1. The van der Waals surface area contributed by atoms with E-state index in [2.05, 4.69) is 21.4 Å². The summed E-state index contributed by atoms with van der Waals surface area (Å²) in [6.07, 6.45) is 2.50. The molecule has 0 spiro atoms. The summed E-state index contributed by atoms with van der Waals surface area (Å²) in [6, 6.07) is 16.8. The molecule has 1 atom stereocenters. The van der Waals surface area contributed by atoms with E-state index < -0.39 is 0 Å². The largest absolute Gasteiger partial charge is 0.366 e. The number of piperazine rings is 1. The van der Waals surface area contributed by atoms with Gasteiger partial charge in [-0.15, -0.1) is 0 Å². The number of para-hydroxylation sites is 1. The molecule has 2 aliphatic heterocycles. The lowest BCUT2D eigenvalue weighted by atomic mass is 10.1. The highest BCUT2D eigenvalue weighted by Gasteiger charge is 2.36. The van der Waals surface area contributed by atoms with Crippen molar-refractivity contribution in [2.75, 3.05) is 42.5 Å². The number of hydrogen-bond acceptors (Lipinski definition) is 6. The molecule has 2 fully saturated rings. The molecule has 1 amide bonds. The lowest BCUT2D eigenvalue weighted by molar-refractivity contribution is -0.132. The molecule has 3 heterocycles. The van der Waals surface area contributed by atoms with Gasteiger partial charge >= 0.3 is 0 Å². The average molecular weight is 452 g/mol. The highest BCUT2D eigenvalue weighted by molar-refractivity contribution is 7.09. The van der Waals surface area contributed by atoms with Crippen molar-refractivity contribution in [3.05, 3.63) is 71.8 Å². The minimum absolute atomic E-state index is 0.149. The van der Waals surface area contributed by atoms with Gasteiger partial charge < -0.3 is 14.7 Å². The number of carbonyl (C=O) groups is 1. The molecule has 6 nitrogen and oxygen atoms in total. The van der Waals surface area contributed by atoms with Crippen LogP contribution in [0.2, 0.25) is 0 Å². The summed E-state index contributed by atoms with van der Waals surface area (Å²) in [4.78, 5) is 24.1. The van der Waals surface area contributed by atoms with Gasteiger partial charge in [0.2, 0.25) is 11.0 Å². The van der Waals surface area contributed by atoms with Gasteiger partial charge in [-0.25, -0.2) is 9.37 Å². The van der Waals surface area contributed by atoms with E-state index in [0.717, 1.165) is 30.3 Å². The number of hydrogen-bond donors (Lipinski definition) is 0. The second kappa shape index (κ2) is 9.24. The molecule has 1 unspecified atom stereocenters. The van der Waals surface area contributed by atoms with Crippen LogP contribution < -0.4 is 9.80 Å². The third kappa shape index (κ3) is 4.32. The highest BCUT2D eigenvalue weighted by Crippen LogP contribution is 2.29. The van der Waals surface area contributed by atoms with Crippen LogP contribution in [0.4, 0.5) is 15.2 Å². The number of anilines is 2. The summed E-state index contributed by atoms with van der Waals surface area (Å²) >= 11 is 1.38. The Morgan fingerprint density at radius 2 is 1.75 bits per heavy atom.